The highest BCUT2D eigenvalue weighted by Gasteiger charge is 2.29. The predicted molar refractivity (Wildman–Crippen MR) is 88.7 cm³/mol. The Morgan fingerprint density at radius 1 is 1.44 bits per heavy atom. The summed E-state index contributed by atoms with van der Waals surface area (Å²) in [6.45, 7) is 0.820. The van der Waals surface area contributed by atoms with Crippen LogP contribution in [0.5, 0.6) is 0 Å². The summed E-state index contributed by atoms with van der Waals surface area (Å²) in [5.74, 6) is -0.631. The van der Waals surface area contributed by atoms with E-state index in [9.17, 15) is 14.0 Å². The Kier molecular flexibility index (Phi) is 4.70. The van der Waals surface area contributed by atoms with E-state index in [2.05, 4.69) is 16.4 Å². The number of carbonyl (C=O) groups is 2. The molecule has 3 rings (SSSR count). The van der Waals surface area contributed by atoms with E-state index in [0.717, 1.165) is 6.07 Å². The number of hydrogen-bond donors (Lipinski definition) is 1. The van der Waals surface area contributed by atoms with E-state index in [1.165, 1.54) is 17.0 Å². The first-order valence-electron chi connectivity index (χ1n) is 7.78. The Labute approximate surface area is 143 Å². The van der Waals surface area contributed by atoms with E-state index in [1.807, 2.05) is 0 Å². The second kappa shape index (κ2) is 7.09. The van der Waals surface area contributed by atoms with Crippen LogP contribution in [0.3, 0.4) is 0 Å². The van der Waals surface area contributed by atoms with E-state index in [4.69, 9.17) is 5.26 Å². The van der Waals surface area contributed by atoms with Gasteiger partial charge in [-0.2, -0.15) is 5.26 Å². The first-order valence-corrected chi connectivity index (χ1v) is 7.78. The normalized spacial score (nSPS) is 16.3. The summed E-state index contributed by atoms with van der Waals surface area (Å²) >= 11 is 0. The van der Waals surface area contributed by atoms with Crippen molar-refractivity contribution >= 4 is 18.0 Å². The molecule has 25 heavy (non-hydrogen) atoms. The van der Waals surface area contributed by atoms with Crippen molar-refractivity contribution in [2.75, 3.05) is 18.4 Å². The molecular formula is C18H15FN4O2. The van der Waals surface area contributed by atoms with Gasteiger partial charge >= 0.3 is 0 Å². The molecule has 126 valence electrons. The Morgan fingerprint density at radius 2 is 2.28 bits per heavy atom. The van der Waals surface area contributed by atoms with E-state index in [-0.39, 0.29) is 17.2 Å². The maximum absolute atomic E-state index is 13.9. The summed E-state index contributed by atoms with van der Waals surface area (Å²) in [6.07, 6.45) is 2.82. The Balaban J connectivity index is 1.72. The van der Waals surface area contributed by atoms with Gasteiger partial charge in [-0.25, -0.2) is 9.37 Å². The minimum atomic E-state index is -0.650. The predicted octanol–water partition coefficient (Wildman–Crippen LogP) is 2.23. The molecule has 0 saturated carbocycles. The molecule has 1 N–H and O–H groups in total. The number of likely N-dealkylation sites (tertiary alicyclic amines) is 1. The van der Waals surface area contributed by atoms with Crippen LogP contribution in [-0.4, -0.2) is 41.2 Å². The summed E-state index contributed by atoms with van der Waals surface area (Å²) in [5, 5.41) is 12.3. The zero-order valence-electron chi connectivity index (χ0n) is 13.3. The fourth-order valence-electron chi connectivity index (χ4n) is 2.82. The average Bonchev–Trinajstić information content (AvgIpc) is 3.10. The highest BCUT2D eigenvalue weighted by molar-refractivity contribution is 5.96. The third-order valence-corrected chi connectivity index (χ3v) is 4.10. The van der Waals surface area contributed by atoms with Crippen molar-refractivity contribution in [3.05, 3.63) is 59.0 Å². The van der Waals surface area contributed by atoms with Gasteiger partial charge in [0.2, 0.25) is 0 Å². The third kappa shape index (κ3) is 3.48. The first-order chi connectivity index (χ1) is 12.1. The molecule has 1 fully saturated rings. The lowest BCUT2D eigenvalue weighted by Crippen LogP contribution is -2.32. The lowest BCUT2D eigenvalue weighted by atomic mass is 10.1. The van der Waals surface area contributed by atoms with Crippen LogP contribution in [0.15, 0.2) is 36.5 Å². The summed E-state index contributed by atoms with van der Waals surface area (Å²) in [7, 11) is 0. The van der Waals surface area contributed by atoms with Crippen molar-refractivity contribution in [1.29, 1.82) is 5.26 Å². The molecule has 1 amide bonds. The van der Waals surface area contributed by atoms with Crippen molar-refractivity contribution in [3.8, 4) is 6.07 Å². The average molecular weight is 338 g/mol. The standard InChI is InChI=1S/C18H15FN4O2/c19-16-4-3-12(11-24)8-15(16)18(25)23-7-5-14(10-23)22-17-13(9-20)2-1-6-21-17/h1-4,6,8,11,14H,5,7,10H2,(H,21,22)/t14-/m1/s1. The van der Waals surface area contributed by atoms with Crippen molar-refractivity contribution in [2.24, 2.45) is 0 Å². The third-order valence-electron chi connectivity index (χ3n) is 4.10. The molecule has 1 atom stereocenters. The van der Waals surface area contributed by atoms with Gasteiger partial charge in [-0.15, -0.1) is 0 Å². The number of pyridine rings is 1. The van der Waals surface area contributed by atoms with Gasteiger partial charge in [0.05, 0.1) is 11.1 Å². The van der Waals surface area contributed by atoms with E-state index in [0.29, 0.717) is 37.2 Å². The van der Waals surface area contributed by atoms with E-state index >= 15 is 0 Å². The van der Waals surface area contributed by atoms with E-state index in [1.54, 1.807) is 18.3 Å². The number of aromatic nitrogens is 1. The van der Waals surface area contributed by atoms with Crippen LogP contribution >= 0.6 is 0 Å². The van der Waals surface area contributed by atoms with Crippen LogP contribution in [0, 0.1) is 17.1 Å². The molecule has 0 unspecified atom stereocenters. The van der Waals surface area contributed by atoms with Gasteiger partial charge in [-0.3, -0.25) is 9.59 Å². The maximum atomic E-state index is 13.9. The van der Waals surface area contributed by atoms with Crippen LogP contribution in [0.1, 0.15) is 32.7 Å². The zero-order valence-corrected chi connectivity index (χ0v) is 13.3. The van der Waals surface area contributed by atoms with Crippen LogP contribution in [0.4, 0.5) is 10.2 Å². The fourth-order valence-corrected chi connectivity index (χ4v) is 2.82. The molecule has 1 aliphatic heterocycles. The highest BCUT2D eigenvalue weighted by Crippen LogP contribution is 2.20. The molecule has 1 aliphatic rings. The Bertz CT molecular complexity index is 862. The molecule has 6 nitrogen and oxygen atoms in total. The monoisotopic (exact) mass is 338 g/mol. The summed E-state index contributed by atoms with van der Waals surface area (Å²) in [5.41, 5.74) is 0.573. The van der Waals surface area contributed by atoms with Crippen molar-refractivity contribution in [1.82, 2.24) is 9.88 Å². The van der Waals surface area contributed by atoms with Gasteiger partial charge < -0.3 is 10.2 Å². The number of nitrogens with zero attached hydrogens (tertiary/aromatic N) is 3. The molecule has 1 aromatic carbocycles. The lowest BCUT2D eigenvalue weighted by molar-refractivity contribution is 0.0787. The smallest absolute Gasteiger partial charge is 0.256 e. The van der Waals surface area contributed by atoms with Gasteiger partial charge in [-0.1, -0.05) is 0 Å². The molecule has 2 heterocycles. The number of carbonyl (C=O) groups excluding carboxylic acids is 2. The zero-order chi connectivity index (χ0) is 17.8. The largest absolute Gasteiger partial charge is 0.364 e. The number of halogens is 1. The maximum Gasteiger partial charge on any atom is 0.256 e. The number of amides is 1. The van der Waals surface area contributed by atoms with Gasteiger partial charge in [0.1, 0.15) is 24.0 Å². The van der Waals surface area contributed by atoms with Crippen LogP contribution in [0.2, 0.25) is 0 Å². The molecule has 1 aromatic heterocycles. The SMILES string of the molecule is N#Cc1cccnc1N[C@@H]1CCN(C(=O)c2cc(C=O)ccc2F)C1. The van der Waals surface area contributed by atoms with Gasteiger partial charge in [-0.05, 0) is 36.8 Å². The minimum absolute atomic E-state index is 0.0803. The number of hydrogen-bond acceptors (Lipinski definition) is 5. The van der Waals surface area contributed by atoms with Crippen molar-refractivity contribution < 1.29 is 14.0 Å². The molecule has 7 heteroatoms. The van der Waals surface area contributed by atoms with Crippen LogP contribution in [0.25, 0.3) is 0 Å². The fraction of sp³-hybridized carbons (Fsp3) is 0.222. The number of nitriles is 1. The number of aldehydes is 1. The Hall–Kier alpha value is -3.27. The quantitative estimate of drug-likeness (QED) is 0.864. The Morgan fingerprint density at radius 3 is 3.04 bits per heavy atom. The molecule has 1 saturated heterocycles. The number of nitrogens with one attached hydrogen (secondary N) is 1. The topological polar surface area (TPSA) is 86.1 Å². The number of benzene rings is 1. The van der Waals surface area contributed by atoms with Crippen LogP contribution in [-0.2, 0) is 0 Å². The summed E-state index contributed by atoms with van der Waals surface area (Å²) in [4.78, 5) is 29.0. The van der Waals surface area contributed by atoms with Crippen molar-refractivity contribution in [2.45, 2.75) is 12.5 Å². The van der Waals surface area contributed by atoms with Crippen molar-refractivity contribution in [3.63, 3.8) is 0 Å². The van der Waals surface area contributed by atoms with Gasteiger partial charge in [0.25, 0.3) is 5.91 Å². The second-order valence-electron chi connectivity index (χ2n) is 5.75. The molecule has 0 spiro atoms. The molecule has 2 aromatic rings. The first kappa shape index (κ1) is 16.6. The minimum Gasteiger partial charge on any atom is -0.364 e. The molecule has 0 radical (unpaired) electrons. The number of rotatable bonds is 4. The summed E-state index contributed by atoms with van der Waals surface area (Å²) < 4.78 is 13.9. The molecule has 0 aliphatic carbocycles. The van der Waals surface area contributed by atoms with Crippen LogP contribution < -0.4 is 5.32 Å². The lowest BCUT2D eigenvalue weighted by Gasteiger charge is -2.18. The van der Waals surface area contributed by atoms with Gasteiger partial charge in [0.15, 0.2) is 0 Å². The summed E-state index contributed by atoms with van der Waals surface area (Å²) in [6, 6.07) is 9.03. The molecule has 0 bridgehead atoms. The highest BCUT2D eigenvalue weighted by atomic mass is 19.1. The second-order valence-corrected chi connectivity index (χ2v) is 5.75. The van der Waals surface area contributed by atoms with Gasteiger partial charge in [0, 0.05) is 30.9 Å². The van der Waals surface area contributed by atoms with E-state index < -0.39 is 11.7 Å². The molecular weight excluding hydrogens is 323 g/mol. The number of anilines is 1.